The molecule has 3 aromatic rings. The number of carbonyl (C=O) groups is 3. The van der Waals surface area contributed by atoms with Crippen molar-refractivity contribution in [3.8, 4) is 28.4 Å². The predicted octanol–water partition coefficient (Wildman–Crippen LogP) is 4.68. The maximum absolute atomic E-state index is 13.4. The molecule has 0 aliphatic carbocycles. The van der Waals surface area contributed by atoms with Crippen molar-refractivity contribution in [2.45, 2.75) is 25.3 Å². The van der Waals surface area contributed by atoms with Gasteiger partial charge in [-0.05, 0) is 61.2 Å². The standard InChI is InChI=1S/C29H30ClN3O6/c1-37-24-15-19(16-25(38-2)26(24)39-3)28(35)33-23-14-18(9-12-21(23)17-7-10-20(30)11-8-17)27(34)32-22-6-4-5-13-31-29(22)36/h7-12,14-16,22H,4-6,13H2,1-3H3,(H,31,36)(H,32,34)(H,33,35)/t22-/m1/s1. The molecule has 0 bridgehead atoms. The molecule has 1 fully saturated rings. The molecule has 4 rings (SSSR count). The molecule has 1 aliphatic rings. The van der Waals surface area contributed by atoms with Crippen LogP contribution in [0.1, 0.15) is 40.0 Å². The molecule has 3 aromatic carbocycles. The van der Waals surface area contributed by atoms with Crippen molar-refractivity contribution in [1.29, 1.82) is 0 Å². The number of nitrogens with one attached hydrogen (secondary N) is 3. The number of amides is 3. The van der Waals surface area contributed by atoms with E-state index in [9.17, 15) is 14.4 Å². The van der Waals surface area contributed by atoms with Crippen molar-refractivity contribution < 1.29 is 28.6 Å². The predicted molar refractivity (Wildman–Crippen MR) is 149 cm³/mol. The number of hydrogen-bond donors (Lipinski definition) is 3. The third kappa shape index (κ3) is 6.43. The quantitative estimate of drug-likeness (QED) is 0.374. The fourth-order valence-electron chi connectivity index (χ4n) is 4.40. The van der Waals surface area contributed by atoms with Gasteiger partial charge in [0.25, 0.3) is 11.8 Å². The van der Waals surface area contributed by atoms with Gasteiger partial charge in [0.1, 0.15) is 6.04 Å². The van der Waals surface area contributed by atoms with Gasteiger partial charge < -0.3 is 30.2 Å². The van der Waals surface area contributed by atoms with Crippen molar-refractivity contribution in [3.05, 3.63) is 70.7 Å². The number of benzene rings is 3. The average Bonchev–Trinajstić information content (AvgIpc) is 3.16. The van der Waals surface area contributed by atoms with E-state index in [1.54, 1.807) is 42.5 Å². The Bertz CT molecular complexity index is 1350. The van der Waals surface area contributed by atoms with Gasteiger partial charge in [0, 0.05) is 33.9 Å². The molecule has 0 saturated carbocycles. The van der Waals surface area contributed by atoms with Crippen LogP contribution in [-0.4, -0.2) is 51.6 Å². The summed E-state index contributed by atoms with van der Waals surface area (Å²) in [5, 5.41) is 9.12. The zero-order valence-corrected chi connectivity index (χ0v) is 22.7. The van der Waals surface area contributed by atoms with Crippen LogP contribution in [0.5, 0.6) is 17.2 Å². The second-order valence-corrected chi connectivity index (χ2v) is 9.38. The van der Waals surface area contributed by atoms with Crippen LogP contribution in [-0.2, 0) is 4.79 Å². The fourth-order valence-corrected chi connectivity index (χ4v) is 4.52. The summed E-state index contributed by atoms with van der Waals surface area (Å²) in [4.78, 5) is 38.9. The largest absolute Gasteiger partial charge is 0.493 e. The van der Waals surface area contributed by atoms with Gasteiger partial charge in [-0.25, -0.2) is 0 Å². The first-order valence-electron chi connectivity index (χ1n) is 12.4. The Morgan fingerprint density at radius 2 is 1.56 bits per heavy atom. The van der Waals surface area contributed by atoms with Crippen molar-refractivity contribution in [2.75, 3.05) is 33.2 Å². The molecular weight excluding hydrogens is 522 g/mol. The zero-order valence-electron chi connectivity index (χ0n) is 21.9. The van der Waals surface area contributed by atoms with Gasteiger partial charge >= 0.3 is 0 Å². The van der Waals surface area contributed by atoms with Gasteiger partial charge in [0.15, 0.2) is 11.5 Å². The van der Waals surface area contributed by atoms with Crippen molar-refractivity contribution >= 4 is 35.0 Å². The van der Waals surface area contributed by atoms with E-state index in [-0.39, 0.29) is 11.5 Å². The molecule has 0 aromatic heterocycles. The summed E-state index contributed by atoms with van der Waals surface area (Å²) in [6, 6.07) is 14.6. The van der Waals surface area contributed by atoms with Gasteiger partial charge in [-0.2, -0.15) is 0 Å². The highest BCUT2D eigenvalue weighted by atomic mass is 35.5. The second-order valence-electron chi connectivity index (χ2n) is 8.95. The van der Waals surface area contributed by atoms with E-state index in [2.05, 4.69) is 16.0 Å². The average molecular weight is 552 g/mol. The SMILES string of the molecule is COc1cc(C(=O)Nc2cc(C(=O)N[C@@H]3CCCCNC3=O)ccc2-c2ccc(Cl)cc2)cc(OC)c1OC. The molecule has 39 heavy (non-hydrogen) atoms. The minimum atomic E-state index is -0.617. The third-order valence-electron chi connectivity index (χ3n) is 6.45. The summed E-state index contributed by atoms with van der Waals surface area (Å²) >= 11 is 6.08. The Labute approximate surface area is 231 Å². The molecule has 3 amide bonds. The second kappa shape index (κ2) is 12.5. The van der Waals surface area contributed by atoms with E-state index in [1.165, 1.54) is 21.3 Å². The Morgan fingerprint density at radius 1 is 0.872 bits per heavy atom. The summed E-state index contributed by atoms with van der Waals surface area (Å²) in [6.07, 6.45) is 2.26. The molecule has 3 N–H and O–H groups in total. The van der Waals surface area contributed by atoms with Gasteiger partial charge in [0.05, 0.1) is 21.3 Å². The van der Waals surface area contributed by atoms with E-state index >= 15 is 0 Å². The minimum absolute atomic E-state index is 0.199. The van der Waals surface area contributed by atoms with Gasteiger partial charge in [0.2, 0.25) is 11.7 Å². The van der Waals surface area contributed by atoms with Crippen LogP contribution in [0.15, 0.2) is 54.6 Å². The van der Waals surface area contributed by atoms with Crippen molar-refractivity contribution in [1.82, 2.24) is 10.6 Å². The van der Waals surface area contributed by atoms with E-state index in [0.717, 1.165) is 18.4 Å². The summed E-state index contributed by atoms with van der Waals surface area (Å²) in [5.74, 6) is -0.0493. The molecule has 10 heteroatoms. The topological polar surface area (TPSA) is 115 Å². The summed E-state index contributed by atoms with van der Waals surface area (Å²) in [7, 11) is 4.41. The number of rotatable bonds is 8. The first-order chi connectivity index (χ1) is 18.8. The highest BCUT2D eigenvalue weighted by Crippen LogP contribution is 2.39. The van der Waals surface area contributed by atoms with Crippen LogP contribution in [0.3, 0.4) is 0 Å². The summed E-state index contributed by atoms with van der Waals surface area (Å²) in [5.41, 5.74) is 2.42. The zero-order chi connectivity index (χ0) is 27.9. The van der Waals surface area contributed by atoms with E-state index < -0.39 is 17.9 Å². The highest BCUT2D eigenvalue weighted by molar-refractivity contribution is 6.30. The lowest BCUT2D eigenvalue weighted by molar-refractivity contribution is -0.122. The number of methoxy groups -OCH3 is 3. The lowest BCUT2D eigenvalue weighted by Crippen LogP contribution is -2.45. The van der Waals surface area contributed by atoms with Crippen LogP contribution in [0, 0.1) is 0 Å². The van der Waals surface area contributed by atoms with E-state index in [0.29, 0.717) is 52.1 Å². The smallest absolute Gasteiger partial charge is 0.255 e. The van der Waals surface area contributed by atoms with Gasteiger partial charge in [-0.15, -0.1) is 0 Å². The fraction of sp³-hybridized carbons (Fsp3) is 0.276. The third-order valence-corrected chi connectivity index (χ3v) is 6.70. The molecule has 0 radical (unpaired) electrons. The van der Waals surface area contributed by atoms with Crippen LogP contribution in [0.25, 0.3) is 11.1 Å². The first-order valence-corrected chi connectivity index (χ1v) is 12.8. The molecule has 204 valence electrons. The molecule has 1 saturated heterocycles. The summed E-state index contributed by atoms with van der Waals surface area (Å²) < 4.78 is 16.1. The monoisotopic (exact) mass is 551 g/mol. The Kier molecular flexibility index (Phi) is 8.93. The Hall–Kier alpha value is -4.24. The van der Waals surface area contributed by atoms with Crippen LogP contribution >= 0.6 is 11.6 Å². The maximum atomic E-state index is 13.4. The lowest BCUT2D eigenvalue weighted by atomic mass is 10.00. The van der Waals surface area contributed by atoms with Crippen molar-refractivity contribution in [2.24, 2.45) is 0 Å². The Morgan fingerprint density at radius 3 is 2.21 bits per heavy atom. The van der Waals surface area contributed by atoms with E-state index in [1.807, 2.05) is 12.1 Å². The number of ether oxygens (including phenoxy) is 3. The first kappa shape index (κ1) is 27.8. The van der Waals surface area contributed by atoms with Crippen LogP contribution < -0.4 is 30.2 Å². The normalized spacial score (nSPS) is 15.0. The molecule has 1 atom stereocenters. The highest BCUT2D eigenvalue weighted by Gasteiger charge is 2.24. The summed E-state index contributed by atoms with van der Waals surface area (Å²) in [6.45, 7) is 0.595. The van der Waals surface area contributed by atoms with Crippen molar-refractivity contribution in [3.63, 3.8) is 0 Å². The molecule has 1 heterocycles. The maximum Gasteiger partial charge on any atom is 0.255 e. The van der Waals surface area contributed by atoms with Gasteiger partial charge in [-0.1, -0.05) is 29.8 Å². The number of carbonyl (C=O) groups excluding carboxylic acids is 3. The van der Waals surface area contributed by atoms with Gasteiger partial charge in [-0.3, -0.25) is 14.4 Å². The number of hydrogen-bond acceptors (Lipinski definition) is 6. The molecule has 0 spiro atoms. The molecular formula is C29H30ClN3O6. The Balaban J connectivity index is 1.69. The molecule has 1 aliphatic heterocycles. The van der Waals surface area contributed by atoms with Crippen LogP contribution in [0.2, 0.25) is 5.02 Å². The van der Waals surface area contributed by atoms with E-state index in [4.69, 9.17) is 25.8 Å². The molecule has 0 unspecified atom stereocenters. The van der Waals surface area contributed by atoms with Crippen LogP contribution in [0.4, 0.5) is 5.69 Å². The lowest BCUT2D eigenvalue weighted by Gasteiger charge is -2.18. The minimum Gasteiger partial charge on any atom is -0.493 e. The number of halogens is 1. The molecule has 9 nitrogen and oxygen atoms in total. The number of anilines is 1.